The second-order valence-corrected chi connectivity index (χ2v) is 3.16. The number of amides is 1. The first-order valence-corrected chi connectivity index (χ1v) is 4.60. The van der Waals surface area contributed by atoms with E-state index in [1.54, 1.807) is 7.05 Å². The van der Waals surface area contributed by atoms with Crippen LogP contribution >= 0.6 is 0 Å². The summed E-state index contributed by atoms with van der Waals surface area (Å²) in [5.41, 5.74) is -0.207. The molecule has 0 aliphatic rings. The molecule has 0 atom stereocenters. The molecule has 6 heteroatoms. The lowest BCUT2D eigenvalue weighted by Gasteiger charge is -2.14. The second kappa shape index (κ2) is 4.59. The van der Waals surface area contributed by atoms with Crippen LogP contribution in [0, 0.1) is 0 Å². The highest BCUT2D eigenvalue weighted by molar-refractivity contribution is 6.02. The number of aromatic nitrogens is 2. The van der Waals surface area contributed by atoms with Gasteiger partial charge in [0, 0.05) is 13.6 Å². The van der Waals surface area contributed by atoms with E-state index in [1.165, 1.54) is 11.2 Å². The molecule has 1 aromatic rings. The van der Waals surface area contributed by atoms with Crippen LogP contribution in [0.4, 0.5) is 0 Å². The number of aromatic amines is 1. The van der Waals surface area contributed by atoms with Crippen molar-refractivity contribution in [2.75, 3.05) is 13.6 Å². The normalized spacial score (nSPS) is 10.0. The van der Waals surface area contributed by atoms with Crippen LogP contribution in [0.3, 0.4) is 0 Å². The number of imidazole rings is 1. The maximum Gasteiger partial charge on any atom is 0.354 e. The van der Waals surface area contributed by atoms with Crippen molar-refractivity contribution in [3.8, 4) is 0 Å². The summed E-state index contributed by atoms with van der Waals surface area (Å²) in [7, 11) is 1.62. The van der Waals surface area contributed by atoms with Crippen LogP contribution in [0.2, 0.25) is 0 Å². The number of carbonyl (C=O) groups is 2. The molecule has 1 aromatic heterocycles. The number of carboxylic acids is 1. The summed E-state index contributed by atoms with van der Waals surface area (Å²) in [6.07, 6.45) is 2.02. The fourth-order valence-corrected chi connectivity index (χ4v) is 1.24. The van der Waals surface area contributed by atoms with E-state index >= 15 is 0 Å². The van der Waals surface area contributed by atoms with Crippen molar-refractivity contribution >= 4 is 11.9 Å². The number of H-pyrrole nitrogens is 1. The van der Waals surface area contributed by atoms with Crippen LogP contribution in [0.1, 0.15) is 34.3 Å². The Labute approximate surface area is 86.9 Å². The molecule has 1 amide bonds. The maximum atomic E-state index is 11.7. The SMILES string of the molecule is CCCN(C)C(=O)c1nc[nH]c1C(=O)O. The lowest BCUT2D eigenvalue weighted by atomic mass is 10.3. The van der Waals surface area contributed by atoms with Gasteiger partial charge in [0.2, 0.25) is 0 Å². The monoisotopic (exact) mass is 211 g/mol. The van der Waals surface area contributed by atoms with Crippen molar-refractivity contribution in [1.29, 1.82) is 0 Å². The van der Waals surface area contributed by atoms with Gasteiger partial charge in [-0.25, -0.2) is 9.78 Å². The van der Waals surface area contributed by atoms with E-state index in [-0.39, 0.29) is 17.3 Å². The summed E-state index contributed by atoms with van der Waals surface area (Å²) in [6, 6.07) is 0. The van der Waals surface area contributed by atoms with Gasteiger partial charge in [0.05, 0.1) is 6.33 Å². The Morgan fingerprint density at radius 3 is 2.80 bits per heavy atom. The molecule has 2 N–H and O–H groups in total. The molecule has 15 heavy (non-hydrogen) atoms. The van der Waals surface area contributed by atoms with Crippen molar-refractivity contribution in [1.82, 2.24) is 14.9 Å². The predicted octanol–water partition coefficient (Wildman–Crippen LogP) is 0.590. The number of carboxylic acid groups (broad SMARTS) is 1. The van der Waals surface area contributed by atoms with E-state index in [2.05, 4.69) is 9.97 Å². The van der Waals surface area contributed by atoms with Gasteiger partial charge in [0.25, 0.3) is 5.91 Å². The van der Waals surface area contributed by atoms with Gasteiger partial charge in [-0.05, 0) is 6.42 Å². The highest BCUT2D eigenvalue weighted by atomic mass is 16.4. The first kappa shape index (κ1) is 11.2. The van der Waals surface area contributed by atoms with Crippen molar-refractivity contribution in [2.24, 2.45) is 0 Å². The highest BCUT2D eigenvalue weighted by Crippen LogP contribution is 2.06. The molecule has 82 valence electrons. The molecule has 1 heterocycles. The fourth-order valence-electron chi connectivity index (χ4n) is 1.24. The van der Waals surface area contributed by atoms with E-state index in [1.807, 2.05) is 6.92 Å². The molecule has 0 aliphatic heterocycles. The molecule has 0 aliphatic carbocycles. The van der Waals surface area contributed by atoms with Crippen molar-refractivity contribution in [2.45, 2.75) is 13.3 Å². The standard InChI is InChI=1S/C9H13N3O3/c1-3-4-12(2)8(13)6-7(9(14)15)11-5-10-6/h5H,3-4H2,1-2H3,(H,10,11)(H,14,15). The third-order valence-corrected chi connectivity index (χ3v) is 1.96. The summed E-state index contributed by atoms with van der Waals surface area (Å²) >= 11 is 0. The van der Waals surface area contributed by atoms with Gasteiger partial charge in [-0.3, -0.25) is 4.79 Å². The zero-order valence-electron chi connectivity index (χ0n) is 8.65. The summed E-state index contributed by atoms with van der Waals surface area (Å²) in [6.45, 7) is 2.51. The van der Waals surface area contributed by atoms with Crippen LogP contribution in [0.15, 0.2) is 6.33 Å². The minimum atomic E-state index is -1.18. The summed E-state index contributed by atoms with van der Waals surface area (Å²) < 4.78 is 0. The Hall–Kier alpha value is -1.85. The van der Waals surface area contributed by atoms with E-state index in [0.717, 1.165) is 6.42 Å². The molecule has 0 bridgehead atoms. The van der Waals surface area contributed by atoms with Crippen LogP contribution in [0.25, 0.3) is 0 Å². The lowest BCUT2D eigenvalue weighted by Crippen LogP contribution is -2.29. The summed E-state index contributed by atoms with van der Waals surface area (Å²) in [5.74, 6) is -1.56. The lowest BCUT2D eigenvalue weighted by molar-refractivity contribution is 0.0675. The van der Waals surface area contributed by atoms with E-state index < -0.39 is 5.97 Å². The minimum Gasteiger partial charge on any atom is -0.477 e. The number of hydrogen-bond acceptors (Lipinski definition) is 3. The fraction of sp³-hybridized carbons (Fsp3) is 0.444. The quantitative estimate of drug-likeness (QED) is 0.763. The van der Waals surface area contributed by atoms with E-state index in [0.29, 0.717) is 6.54 Å². The largest absolute Gasteiger partial charge is 0.477 e. The van der Waals surface area contributed by atoms with E-state index in [9.17, 15) is 9.59 Å². The Balaban J connectivity index is 2.91. The molecule has 1 rings (SSSR count). The number of carbonyl (C=O) groups excluding carboxylic acids is 1. The van der Waals surface area contributed by atoms with Crippen molar-refractivity contribution < 1.29 is 14.7 Å². The average Bonchev–Trinajstić information content (AvgIpc) is 2.65. The van der Waals surface area contributed by atoms with Gasteiger partial charge in [-0.15, -0.1) is 0 Å². The van der Waals surface area contributed by atoms with Gasteiger partial charge >= 0.3 is 5.97 Å². The molecular weight excluding hydrogens is 198 g/mol. The topological polar surface area (TPSA) is 86.3 Å². The first-order chi connectivity index (χ1) is 7.07. The van der Waals surface area contributed by atoms with Gasteiger partial charge < -0.3 is 15.0 Å². The minimum absolute atomic E-state index is 0.0431. The first-order valence-electron chi connectivity index (χ1n) is 4.60. The molecular formula is C9H13N3O3. The number of hydrogen-bond donors (Lipinski definition) is 2. The third kappa shape index (κ3) is 2.34. The van der Waals surface area contributed by atoms with Gasteiger partial charge in [-0.2, -0.15) is 0 Å². The van der Waals surface area contributed by atoms with Crippen LogP contribution in [-0.2, 0) is 0 Å². The summed E-state index contributed by atoms with van der Waals surface area (Å²) in [4.78, 5) is 30.0. The molecule has 0 fully saturated rings. The number of rotatable bonds is 4. The molecule has 0 unspecified atom stereocenters. The van der Waals surface area contributed by atoms with E-state index in [4.69, 9.17) is 5.11 Å². The Bertz CT molecular complexity index is 372. The molecule has 0 aromatic carbocycles. The van der Waals surface area contributed by atoms with Crippen LogP contribution < -0.4 is 0 Å². The van der Waals surface area contributed by atoms with Gasteiger partial charge in [0.15, 0.2) is 11.4 Å². The molecule has 0 spiro atoms. The Kier molecular flexibility index (Phi) is 3.43. The third-order valence-electron chi connectivity index (χ3n) is 1.96. The maximum absolute atomic E-state index is 11.7. The Morgan fingerprint density at radius 1 is 1.60 bits per heavy atom. The number of nitrogens with zero attached hydrogens (tertiary/aromatic N) is 2. The zero-order chi connectivity index (χ0) is 11.4. The average molecular weight is 211 g/mol. The zero-order valence-corrected chi connectivity index (χ0v) is 8.65. The second-order valence-electron chi connectivity index (χ2n) is 3.16. The smallest absolute Gasteiger partial charge is 0.354 e. The number of nitrogens with one attached hydrogen (secondary N) is 1. The Morgan fingerprint density at radius 2 is 2.27 bits per heavy atom. The van der Waals surface area contributed by atoms with Crippen LogP contribution in [-0.4, -0.2) is 45.4 Å². The van der Waals surface area contributed by atoms with Gasteiger partial charge in [0.1, 0.15) is 0 Å². The molecule has 0 saturated heterocycles. The van der Waals surface area contributed by atoms with Crippen molar-refractivity contribution in [3.05, 3.63) is 17.7 Å². The van der Waals surface area contributed by atoms with Crippen LogP contribution in [0.5, 0.6) is 0 Å². The molecule has 0 radical (unpaired) electrons. The molecule has 0 saturated carbocycles. The van der Waals surface area contributed by atoms with Crippen molar-refractivity contribution in [3.63, 3.8) is 0 Å². The molecule has 6 nitrogen and oxygen atoms in total. The van der Waals surface area contributed by atoms with Gasteiger partial charge in [-0.1, -0.05) is 6.92 Å². The predicted molar refractivity (Wildman–Crippen MR) is 52.8 cm³/mol. The number of aromatic carboxylic acids is 1. The summed E-state index contributed by atoms with van der Waals surface area (Å²) in [5, 5.41) is 8.77. The highest BCUT2D eigenvalue weighted by Gasteiger charge is 2.21.